The van der Waals surface area contributed by atoms with Crippen LogP contribution in [0.5, 0.6) is 0 Å². The van der Waals surface area contributed by atoms with Crippen molar-refractivity contribution < 1.29 is 48.3 Å². The first kappa shape index (κ1) is 29.3. The first-order chi connectivity index (χ1) is 15.8. The van der Waals surface area contributed by atoms with Gasteiger partial charge >= 0.3 is 18.0 Å². The third-order valence-corrected chi connectivity index (χ3v) is 6.43. The number of alkyl halides is 7. The van der Waals surface area contributed by atoms with Gasteiger partial charge in [-0.05, 0) is 56.1 Å². The molecule has 6 nitrogen and oxygen atoms in total. The third kappa shape index (κ3) is 6.42. The molecule has 0 aliphatic carbocycles. The van der Waals surface area contributed by atoms with Gasteiger partial charge in [0, 0.05) is 21.1 Å². The Morgan fingerprint density at radius 1 is 0.971 bits per heavy atom. The molecular formula is C18H13Br2F8N3O3S. The van der Waals surface area contributed by atoms with Crippen molar-refractivity contribution in [2.45, 2.75) is 18.0 Å². The number of carbonyl (C=O) groups excluding carboxylic acids is 1. The van der Waals surface area contributed by atoms with E-state index >= 15 is 0 Å². The van der Waals surface area contributed by atoms with Gasteiger partial charge in [-0.2, -0.15) is 26.3 Å². The number of halogens is 10. The van der Waals surface area contributed by atoms with Gasteiger partial charge in [-0.25, -0.2) is 22.3 Å². The van der Waals surface area contributed by atoms with Gasteiger partial charge in [-0.3, -0.25) is 4.79 Å². The molecule has 0 bridgehead atoms. The molecule has 0 saturated heterocycles. The number of hydrogen-bond donors (Lipinski definition) is 3. The maximum absolute atomic E-state index is 14.7. The van der Waals surface area contributed by atoms with Crippen molar-refractivity contribution in [3.63, 3.8) is 0 Å². The molecular weight excluding hydrogens is 650 g/mol. The van der Waals surface area contributed by atoms with Crippen LogP contribution in [0.3, 0.4) is 0 Å². The van der Waals surface area contributed by atoms with Gasteiger partial charge in [0.05, 0.1) is 22.7 Å². The second-order valence-corrected chi connectivity index (χ2v) is 10.3. The van der Waals surface area contributed by atoms with E-state index in [9.17, 15) is 48.3 Å². The first-order valence-electron chi connectivity index (χ1n) is 8.95. The minimum atomic E-state index is -6.35. The van der Waals surface area contributed by atoms with Crippen LogP contribution in [-0.2, 0) is 15.7 Å². The highest BCUT2D eigenvalue weighted by Gasteiger charge is 2.73. The maximum Gasteiger partial charge on any atom is 0.435 e. The van der Waals surface area contributed by atoms with Gasteiger partial charge in [0.25, 0.3) is 5.91 Å². The van der Waals surface area contributed by atoms with Crippen LogP contribution >= 0.6 is 31.9 Å². The van der Waals surface area contributed by atoms with Gasteiger partial charge < -0.3 is 10.6 Å². The summed E-state index contributed by atoms with van der Waals surface area (Å²) in [5.74, 6) is -2.87. The number of sulfonamides is 1. The lowest BCUT2D eigenvalue weighted by Gasteiger charge is -2.31. The molecule has 0 aromatic heterocycles. The number of nitrogens with two attached hydrogens (primary N) is 1. The highest BCUT2D eigenvalue weighted by Crippen LogP contribution is 2.54. The minimum absolute atomic E-state index is 0.183. The average molecular weight is 663 g/mol. The van der Waals surface area contributed by atoms with Crippen molar-refractivity contribution in [2.24, 2.45) is 5.14 Å². The Morgan fingerprint density at radius 2 is 1.49 bits per heavy atom. The normalized spacial score (nSPS) is 13.0. The highest BCUT2D eigenvalue weighted by molar-refractivity contribution is 9.11. The summed E-state index contributed by atoms with van der Waals surface area (Å²) in [5.41, 5.74) is -8.85. The molecule has 2 aromatic rings. The van der Waals surface area contributed by atoms with Crippen molar-refractivity contribution >= 4 is 59.2 Å². The molecule has 4 N–H and O–H groups in total. The SMILES string of the molecule is NS(=O)(=O)CCNc1cccc(C(=O)Nc2c(Br)cc(C(F)(C(F)(F)F)C(F)(F)F)cc2Br)c1F. The molecule has 0 unspecified atom stereocenters. The fourth-order valence-corrected chi connectivity index (χ4v) is 4.50. The number of hydrogen-bond acceptors (Lipinski definition) is 4. The van der Waals surface area contributed by atoms with E-state index in [-0.39, 0.29) is 24.4 Å². The lowest BCUT2D eigenvalue weighted by Crippen LogP contribution is -2.50. The zero-order valence-electron chi connectivity index (χ0n) is 16.8. The fraction of sp³-hybridized carbons (Fsp3) is 0.278. The summed E-state index contributed by atoms with van der Waals surface area (Å²) in [7, 11) is -3.86. The van der Waals surface area contributed by atoms with Crippen molar-refractivity contribution in [3.8, 4) is 0 Å². The molecule has 2 rings (SSSR count). The number of nitrogens with one attached hydrogen (secondary N) is 2. The summed E-state index contributed by atoms with van der Waals surface area (Å²) < 4.78 is 128. The third-order valence-electron chi connectivity index (χ3n) is 4.41. The first-order valence-corrected chi connectivity index (χ1v) is 12.3. The van der Waals surface area contributed by atoms with E-state index in [1.54, 1.807) is 0 Å². The molecule has 0 radical (unpaired) electrons. The summed E-state index contributed by atoms with van der Waals surface area (Å²) >= 11 is 5.38. The quantitative estimate of drug-likeness (QED) is 0.337. The van der Waals surface area contributed by atoms with Crippen LogP contribution in [0.25, 0.3) is 0 Å². The summed E-state index contributed by atoms with van der Waals surface area (Å²) in [4.78, 5) is 12.6. The summed E-state index contributed by atoms with van der Waals surface area (Å²) in [5, 5.41) is 9.35. The number of benzene rings is 2. The summed E-state index contributed by atoms with van der Waals surface area (Å²) in [6, 6.07) is 3.76. The number of anilines is 2. The molecule has 0 aliphatic heterocycles. The fourth-order valence-electron chi connectivity index (χ4n) is 2.73. The van der Waals surface area contributed by atoms with Crippen molar-refractivity contribution in [3.05, 3.63) is 56.2 Å². The van der Waals surface area contributed by atoms with Crippen LogP contribution in [0, 0.1) is 5.82 Å². The van der Waals surface area contributed by atoms with E-state index in [1.165, 1.54) is 12.1 Å². The number of amides is 1. The summed E-state index contributed by atoms with van der Waals surface area (Å²) in [6.45, 7) is -0.303. The zero-order valence-corrected chi connectivity index (χ0v) is 20.8. The predicted molar refractivity (Wildman–Crippen MR) is 118 cm³/mol. The Morgan fingerprint density at radius 3 is 1.94 bits per heavy atom. The monoisotopic (exact) mass is 661 g/mol. The molecule has 0 heterocycles. The maximum atomic E-state index is 14.7. The minimum Gasteiger partial charge on any atom is -0.382 e. The van der Waals surface area contributed by atoms with Crippen LogP contribution in [0.15, 0.2) is 39.3 Å². The van der Waals surface area contributed by atoms with Crippen LogP contribution in [0.1, 0.15) is 15.9 Å². The van der Waals surface area contributed by atoms with Crippen molar-refractivity contribution in [2.75, 3.05) is 22.9 Å². The van der Waals surface area contributed by atoms with Crippen molar-refractivity contribution in [1.82, 2.24) is 0 Å². The lowest BCUT2D eigenvalue weighted by molar-refractivity contribution is -0.348. The van der Waals surface area contributed by atoms with Crippen LogP contribution in [0.2, 0.25) is 0 Å². The van der Waals surface area contributed by atoms with Crippen molar-refractivity contribution in [1.29, 1.82) is 0 Å². The van der Waals surface area contributed by atoms with Crippen LogP contribution < -0.4 is 15.8 Å². The molecule has 0 fully saturated rings. The second-order valence-electron chi connectivity index (χ2n) is 6.88. The molecule has 0 saturated carbocycles. The van der Waals surface area contributed by atoms with Crippen LogP contribution in [-0.4, -0.2) is 39.0 Å². The largest absolute Gasteiger partial charge is 0.435 e. The summed E-state index contributed by atoms with van der Waals surface area (Å²) in [6.07, 6.45) is -12.7. The predicted octanol–water partition coefficient (Wildman–Crippen LogP) is 5.59. The van der Waals surface area contributed by atoms with E-state index in [4.69, 9.17) is 5.14 Å². The molecule has 194 valence electrons. The number of carbonyl (C=O) groups is 1. The number of rotatable bonds is 7. The zero-order chi connectivity index (χ0) is 27.0. The van der Waals surface area contributed by atoms with E-state index in [0.717, 1.165) is 6.07 Å². The highest BCUT2D eigenvalue weighted by atomic mass is 79.9. The molecule has 17 heteroatoms. The number of primary sulfonamides is 1. The van der Waals surface area contributed by atoms with E-state index in [1.807, 2.05) is 0 Å². The molecule has 0 atom stereocenters. The standard InChI is InChI=1S/C18H13Br2F8N3O3S/c19-10-6-8(16(22,17(23,24)25)18(26,27)28)7-11(20)14(10)31-15(32)9-2-1-3-12(13(9)21)30-4-5-35(29,33)34/h1-3,6-7,30H,4-5H2,(H,31,32)(H2,29,33,34). The Labute approximate surface area is 209 Å². The van der Waals surface area contributed by atoms with E-state index in [2.05, 4.69) is 42.5 Å². The Bertz CT molecular complexity index is 1200. The van der Waals surface area contributed by atoms with E-state index in [0.29, 0.717) is 0 Å². The Hall–Kier alpha value is -1.98. The molecule has 35 heavy (non-hydrogen) atoms. The van der Waals surface area contributed by atoms with Gasteiger partial charge in [-0.1, -0.05) is 6.07 Å². The lowest BCUT2D eigenvalue weighted by atomic mass is 9.94. The smallest absolute Gasteiger partial charge is 0.382 e. The van der Waals surface area contributed by atoms with Gasteiger partial charge in [0.2, 0.25) is 10.0 Å². The second kappa shape index (κ2) is 10.2. The topological polar surface area (TPSA) is 101 Å². The Kier molecular flexibility index (Phi) is 8.51. The van der Waals surface area contributed by atoms with Gasteiger partial charge in [0.1, 0.15) is 0 Å². The Balaban J connectivity index is 2.39. The van der Waals surface area contributed by atoms with E-state index < -0.39 is 71.3 Å². The van der Waals surface area contributed by atoms with Gasteiger partial charge in [0.15, 0.2) is 5.82 Å². The molecule has 1 amide bonds. The van der Waals surface area contributed by atoms with Crippen LogP contribution in [0.4, 0.5) is 46.5 Å². The molecule has 0 aliphatic rings. The average Bonchev–Trinajstić information content (AvgIpc) is 2.68. The van der Waals surface area contributed by atoms with Gasteiger partial charge in [-0.15, -0.1) is 0 Å². The molecule has 2 aromatic carbocycles. The molecule has 0 spiro atoms.